The molecular formula is C12H7NO5. The van der Waals surface area contributed by atoms with Gasteiger partial charge in [0.15, 0.2) is 11.5 Å². The molecule has 1 N–H and O–H groups in total. The first-order valence-electron chi connectivity index (χ1n) is 5.13. The molecule has 0 aliphatic carbocycles. The second-order valence-corrected chi connectivity index (χ2v) is 3.81. The van der Waals surface area contributed by atoms with Crippen molar-refractivity contribution in [3.8, 4) is 0 Å². The molecule has 1 aromatic carbocycles. The molecule has 18 heavy (non-hydrogen) atoms. The molecule has 0 radical (unpaired) electrons. The lowest BCUT2D eigenvalue weighted by Gasteiger charge is -1.98. The van der Waals surface area contributed by atoms with E-state index in [9.17, 15) is 9.59 Å². The fraction of sp³-hybridized carbons (Fsp3) is 0.0833. The van der Waals surface area contributed by atoms with Gasteiger partial charge in [-0.05, 0) is 18.2 Å². The van der Waals surface area contributed by atoms with Crippen molar-refractivity contribution >= 4 is 28.0 Å². The van der Waals surface area contributed by atoms with E-state index in [4.69, 9.17) is 13.9 Å². The molecular weight excluding hydrogens is 238 g/mol. The van der Waals surface area contributed by atoms with Gasteiger partial charge in [-0.1, -0.05) is 0 Å². The summed E-state index contributed by atoms with van der Waals surface area (Å²) in [5.41, 5.74) is -0.0162. The van der Waals surface area contributed by atoms with Gasteiger partial charge in [0, 0.05) is 12.3 Å². The maximum Gasteiger partial charge on any atom is 0.351 e. The van der Waals surface area contributed by atoms with Crippen molar-refractivity contribution in [2.45, 2.75) is 6.92 Å². The van der Waals surface area contributed by atoms with E-state index in [1.807, 2.05) is 0 Å². The topological polar surface area (TPSA) is 93.5 Å². The monoisotopic (exact) mass is 245 g/mol. The van der Waals surface area contributed by atoms with E-state index in [1.165, 1.54) is 6.07 Å². The Morgan fingerprint density at radius 3 is 2.72 bits per heavy atom. The van der Waals surface area contributed by atoms with Gasteiger partial charge in [-0.25, -0.2) is 14.6 Å². The second kappa shape index (κ2) is 3.43. The minimum atomic E-state index is -1.33. The second-order valence-electron chi connectivity index (χ2n) is 3.81. The standard InChI is InChI=1S/C12H7NO5/c1-5-13-10-6-4-7(11(14)15)12(16)18-8(6)2-3-9(10)17-5/h2-4H,1H3,(H,14,15). The predicted molar refractivity (Wildman–Crippen MR) is 61.7 cm³/mol. The molecule has 6 heteroatoms. The summed E-state index contributed by atoms with van der Waals surface area (Å²) in [7, 11) is 0. The number of carboxylic acids is 1. The summed E-state index contributed by atoms with van der Waals surface area (Å²) in [5.74, 6) is -0.872. The van der Waals surface area contributed by atoms with E-state index in [2.05, 4.69) is 4.98 Å². The third-order valence-electron chi connectivity index (χ3n) is 2.61. The van der Waals surface area contributed by atoms with Crippen molar-refractivity contribution in [1.29, 1.82) is 0 Å². The molecule has 0 aliphatic heterocycles. The maximum absolute atomic E-state index is 11.4. The summed E-state index contributed by atoms with van der Waals surface area (Å²) in [6.07, 6.45) is 0. The first-order chi connectivity index (χ1) is 8.56. The third-order valence-corrected chi connectivity index (χ3v) is 2.61. The fourth-order valence-corrected chi connectivity index (χ4v) is 1.84. The van der Waals surface area contributed by atoms with Crippen LogP contribution in [-0.2, 0) is 0 Å². The smallest absolute Gasteiger partial charge is 0.351 e. The van der Waals surface area contributed by atoms with E-state index in [1.54, 1.807) is 19.1 Å². The van der Waals surface area contributed by atoms with Crippen molar-refractivity contribution in [2.24, 2.45) is 0 Å². The van der Waals surface area contributed by atoms with Crippen LogP contribution < -0.4 is 5.63 Å². The van der Waals surface area contributed by atoms with E-state index in [-0.39, 0.29) is 5.58 Å². The largest absolute Gasteiger partial charge is 0.477 e. The number of hydrogen-bond acceptors (Lipinski definition) is 5. The van der Waals surface area contributed by atoms with Crippen LogP contribution in [0, 0.1) is 6.92 Å². The number of aromatic carboxylic acids is 1. The number of fused-ring (bicyclic) bond motifs is 3. The van der Waals surface area contributed by atoms with E-state index in [0.717, 1.165) is 0 Å². The SMILES string of the molecule is Cc1nc2c(ccc3oc(=O)c(C(=O)O)cc32)o1. The Labute approximate surface area is 99.5 Å². The Balaban J connectivity index is 2.52. The highest BCUT2D eigenvalue weighted by Gasteiger charge is 2.15. The number of rotatable bonds is 1. The van der Waals surface area contributed by atoms with Crippen molar-refractivity contribution in [3.63, 3.8) is 0 Å². The summed E-state index contributed by atoms with van der Waals surface area (Å²) in [4.78, 5) is 26.5. The van der Waals surface area contributed by atoms with Gasteiger partial charge in [0.1, 0.15) is 16.7 Å². The highest BCUT2D eigenvalue weighted by molar-refractivity contribution is 6.03. The number of hydrogen-bond donors (Lipinski definition) is 1. The lowest BCUT2D eigenvalue weighted by atomic mass is 10.1. The molecule has 0 fully saturated rings. The number of nitrogens with zero attached hydrogens (tertiary/aromatic N) is 1. The first-order valence-corrected chi connectivity index (χ1v) is 5.13. The number of aryl methyl sites for hydroxylation is 1. The molecule has 0 spiro atoms. The molecule has 3 rings (SSSR count). The van der Waals surface area contributed by atoms with Gasteiger partial charge in [-0.15, -0.1) is 0 Å². The van der Waals surface area contributed by atoms with Crippen LogP contribution in [0.1, 0.15) is 16.2 Å². The third kappa shape index (κ3) is 1.39. The Morgan fingerprint density at radius 1 is 1.28 bits per heavy atom. The molecule has 0 saturated carbocycles. The summed E-state index contributed by atoms with van der Waals surface area (Å²) in [5, 5.41) is 9.34. The number of benzene rings is 1. The summed E-state index contributed by atoms with van der Waals surface area (Å²) in [6, 6.07) is 4.43. The highest BCUT2D eigenvalue weighted by atomic mass is 16.4. The van der Waals surface area contributed by atoms with E-state index >= 15 is 0 Å². The molecule has 6 nitrogen and oxygen atoms in total. The Bertz CT molecular complexity index is 843. The van der Waals surface area contributed by atoms with Crippen LogP contribution in [0.2, 0.25) is 0 Å². The van der Waals surface area contributed by atoms with Crippen LogP contribution in [0.5, 0.6) is 0 Å². The lowest BCUT2D eigenvalue weighted by molar-refractivity contribution is 0.0692. The Hall–Kier alpha value is -2.63. The van der Waals surface area contributed by atoms with Crippen molar-refractivity contribution in [1.82, 2.24) is 4.98 Å². The fourth-order valence-electron chi connectivity index (χ4n) is 1.84. The van der Waals surface area contributed by atoms with Gasteiger partial charge in [-0.3, -0.25) is 0 Å². The van der Waals surface area contributed by atoms with E-state index in [0.29, 0.717) is 22.4 Å². The minimum Gasteiger partial charge on any atom is -0.477 e. The zero-order valence-corrected chi connectivity index (χ0v) is 9.26. The molecule has 0 amide bonds. The molecule has 0 atom stereocenters. The summed E-state index contributed by atoms with van der Waals surface area (Å²) >= 11 is 0. The Morgan fingerprint density at radius 2 is 2.00 bits per heavy atom. The number of carbonyl (C=O) groups is 1. The summed E-state index contributed by atoms with van der Waals surface area (Å²) < 4.78 is 10.3. The zero-order valence-electron chi connectivity index (χ0n) is 9.26. The molecule has 90 valence electrons. The summed E-state index contributed by atoms with van der Waals surface area (Å²) in [6.45, 7) is 1.68. The average Bonchev–Trinajstić information content (AvgIpc) is 2.68. The van der Waals surface area contributed by atoms with Crippen molar-refractivity contribution in [3.05, 3.63) is 40.1 Å². The first kappa shape index (κ1) is 10.5. The number of aromatic nitrogens is 1. The highest BCUT2D eigenvalue weighted by Crippen LogP contribution is 2.25. The lowest BCUT2D eigenvalue weighted by Crippen LogP contribution is -2.12. The molecule has 3 aromatic rings. The van der Waals surface area contributed by atoms with Crippen molar-refractivity contribution in [2.75, 3.05) is 0 Å². The van der Waals surface area contributed by atoms with Crippen LogP contribution >= 0.6 is 0 Å². The van der Waals surface area contributed by atoms with Crippen LogP contribution in [0.25, 0.3) is 22.1 Å². The molecule has 0 unspecified atom stereocenters. The molecule has 2 aromatic heterocycles. The van der Waals surface area contributed by atoms with Gasteiger partial charge in [0.2, 0.25) is 0 Å². The van der Waals surface area contributed by atoms with Gasteiger partial charge >= 0.3 is 11.6 Å². The van der Waals surface area contributed by atoms with Gasteiger partial charge in [0.05, 0.1) is 0 Å². The van der Waals surface area contributed by atoms with Gasteiger partial charge in [0.25, 0.3) is 0 Å². The number of carboxylic acid groups (broad SMARTS) is 1. The number of oxazole rings is 1. The van der Waals surface area contributed by atoms with Crippen LogP contribution in [0.4, 0.5) is 0 Å². The van der Waals surface area contributed by atoms with Crippen LogP contribution in [0.15, 0.2) is 31.8 Å². The normalized spacial score (nSPS) is 11.2. The molecule has 0 bridgehead atoms. The van der Waals surface area contributed by atoms with Gasteiger partial charge in [-0.2, -0.15) is 0 Å². The molecule has 0 aliphatic rings. The quantitative estimate of drug-likeness (QED) is 0.658. The van der Waals surface area contributed by atoms with Crippen LogP contribution in [0.3, 0.4) is 0 Å². The molecule has 2 heterocycles. The van der Waals surface area contributed by atoms with Gasteiger partial charge < -0.3 is 13.9 Å². The maximum atomic E-state index is 11.4. The van der Waals surface area contributed by atoms with E-state index < -0.39 is 17.2 Å². The Kier molecular flexibility index (Phi) is 2.00. The predicted octanol–water partition coefficient (Wildman–Crippen LogP) is 1.94. The average molecular weight is 245 g/mol. The van der Waals surface area contributed by atoms with Crippen molar-refractivity contribution < 1.29 is 18.7 Å². The zero-order chi connectivity index (χ0) is 12.9. The molecule has 0 saturated heterocycles. The minimum absolute atomic E-state index is 0.283. The van der Waals surface area contributed by atoms with Crippen LogP contribution in [-0.4, -0.2) is 16.1 Å².